The second-order valence-corrected chi connectivity index (χ2v) is 10.7. The first kappa shape index (κ1) is 28.0. The molecule has 2 N–H and O–H groups in total. The van der Waals surface area contributed by atoms with Crippen LogP contribution >= 0.6 is 11.6 Å². The van der Waals surface area contributed by atoms with E-state index in [2.05, 4.69) is 25.1 Å². The number of nitrogens with zero attached hydrogens (tertiary/aromatic N) is 4. The van der Waals surface area contributed by atoms with Gasteiger partial charge in [0.2, 0.25) is 11.8 Å². The fraction of sp³-hybridized carbons (Fsp3) is 0.231. The van der Waals surface area contributed by atoms with Crippen LogP contribution in [0.4, 0.5) is 5.95 Å². The molecule has 0 aliphatic carbocycles. The summed E-state index contributed by atoms with van der Waals surface area (Å²) in [5.74, 6) is -0.176. The van der Waals surface area contributed by atoms with E-state index in [1.807, 2.05) is 32.0 Å². The van der Waals surface area contributed by atoms with Crippen LogP contribution in [-0.2, 0) is 21.8 Å². The number of aromatic nitrogens is 4. The van der Waals surface area contributed by atoms with Crippen molar-refractivity contribution in [1.82, 2.24) is 25.1 Å². The van der Waals surface area contributed by atoms with Gasteiger partial charge in [-0.05, 0) is 37.1 Å². The van der Waals surface area contributed by atoms with Crippen molar-refractivity contribution in [2.24, 2.45) is 7.05 Å². The number of hydrogen-bond acceptors (Lipinski definition) is 8. The number of nitrogens with one attached hydrogen (secondary N) is 2. The molecule has 204 valence electrons. The molecule has 0 atom stereocenters. The molecule has 4 rings (SSSR count). The number of carbonyl (C=O) groups is 1. The van der Waals surface area contributed by atoms with Crippen LogP contribution in [-0.4, -0.2) is 54.3 Å². The zero-order valence-electron chi connectivity index (χ0n) is 21.7. The minimum absolute atomic E-state index is 0.0420. The lowest BCUT2D eigenvalue weighted by Crippen LogP contribution is -2.27. The number of sulfonamides is 1. The van der Waals surface area contributed by atoms with Crippen molar-refractivity contribution in [3.63, 3.8) is 0 Å². The van der Waals surface area contributed by atoms with Gasteiger partial charge in [-0.15, -0.1) is 0 Å². The molecule has 2 aromatic carbocycles. The van der Waals surface area contributed by atoms with E-state index >= 15 is 0 Å². The molecule has 0 saturated carbocycles. The first-order chi connectivity index (χ1) is 18.6. The maximum atomic E-state index is 13.0. The number of ether oxygens (including phenoxy) is 2. The quantitative estimate of drug-likeness (QED) is 0.272. The highest BCUT2D eigenvalue weighted by molar-refractivity contribution is 7.92. The Labute approximate surface area is 231 Å². The maximum Gasteiger partial charge on any atom is 0.267 e. The molecule has 0 aliphatic heterocycles. The number of methoxy groups -OCH3 is 1. The Bertz CT molecular complexity index is 1600. The monoisotopic (exact) mass is 570 g/mol. The minimum Gasteiger partial charge on any atom is -0.439 e. The predicted molar refractivity (Wildman–Crippen MR) is 147 cm³/mol. The Kier molecular flexibility index (Phi) is 8.48. The largest absolute Gasteiger partial charge is 0.439 e. The lowest BCUT2D eigenvalue weighted by atomic mass is 10.00. The number of aryl methyl sites for hydroxylation is 3. The summed E-state index contributed by atoms with van der Waals surface area (Å²) < 4.78 is 40.6. The van der Waals surface area contributed by atoms with Crippen molar-refractivity contribution in [3.8, 4) is 22.9 Å². The van der Waals surface area contributed by atoms with Crippen molar-refractivity contribution in [2.45, 2.75) is 18.7 Å². The lowest BCUT2D eigenvalue weighted by Gasteiger charge is -2.14. The third-order valence-corrected chi connectivity index (χ3v) is 7.25. The van der Waals surface area contributed by atoms with Crippen molar-refractivity contribution in [3.05, 3.63) is 76.6 Å². The van der Waals surface area contributed by atoms with Gasteiger partial charge >= 0.3 is 0 Å². The van der Waals surface area contributed by atoms with Crippen LogP contribution in [0.5, 0.6) is 11.6 Å². The van der Waals surface area contributed by atoms with Gasteiger partial charge in [0.15, 0.2) is 0 Å². The molecule has 0 aliphatic rings. The van der Waals surface area contributed by atoms with E-state index in [4.69, 9.17) is 21.1 Å². The molecule has 0 bridgehead atoms. The number of benzene rings is 2. The molecule has 1 amide bonds. The third-order valence-electron chi connectivity index (χ3n) is 5.66. The fourth-order valence-corrected chi connectivity index (χ4v) is 5.00. The summed E-state index contributed by atoms with van der Waals surface area (Å²) in [4.78, 5) is 21.1. The number of amides is 1. The van der Waals surface area contributed by atoms with Crippen LogP contribution in [0.1, 0.15) is 21.5 Å². The summed E-state index contributed by atoms with van der Waals surface area (Å²) in [6.45, 7) is 4.57. The van der Waals surface area contributed by atoms with E-state index in [9.17, 15) is 13.2 Å². The average Bonchev–Trinajstić information content (AvgIpc) is 3.31. The molecule has 2 heterocycles. The first-order valence-corrected chi connectivity index (χ1v) is 13.6. The van der Waals surface area contributed by atoms with E-state index in [0.717, 1.165) is 16.7 Å². The SMILES string of the molecule is COCCNC(=O)c1ccc(Oc2cc(-c3c(C)cccc3C)nc(NS(=O)(=O)c3cnn(C)c3)n2)cc1Cl. The number of carbonyl (C=O) groups excluding carboxylic acids is 1. The molecule has 0 unspecified atom stereocenters. The van der Waals surface area contributed by atoms with Crippen molar-refractivity contribution < 1.29 is 22.7 Å². The van der Waals surface area contributed by atoms with E-state index < -0.39 is 10.0 Å². The van der Waals surface area contributed by atoms with Gasteiger partial charge in [-0.2, -0.15) is 10.1 Å². The van der Waals surface area contributed by atoms with Crippen LogP contribution in [0.2, 0.25) is 5.02 Å². The second kappa shape index (κ2) is 11.8. The number of anilines is 1. The second-order valence-electron chi connectivity index (χ2n) is 8.63. The Morgan fingerprint density at radius 2 is 1.85 bits per heavy atom. The highest BCUT2D eigenvalue weighted by atomic mass is 35.5. The molecule has 13 heteroatoms. The van der Waals surface area contributed by atoms with Crippen LogP contribution in [0.25, 0.3) is 11.3 Å². The van der Waals surface area contributed by atoms with Crippen molar-refractivity contribution >= 4 is 33.5 Å². The smallest absolute Gasteiger partial charge is 0.267 e. The summed E-state index contributed by atoms with van der Waals surface area (Å²) in [7, 11) is -0.866. The summed E-state index contributed by atoms with van der Waals surface area (Å²) >= 11 is 6.36. The molecule has 39 heavy (non-hydrogen) atoms. The number of hydrogen-bond donors (Lipinski definition) is 2. The van der Waals surface area contributed by atoms with Gasteiger partial charge in [-0.1, -0.05) is 29.8 Å². The Morgan fingerprint density at radius 3 is 2.49 bits per heavy atom. The first-order valence-electron chi connectivity index (χ1n) is 11.8. The van der Waals surface area contributed by atoms with E-state index in [1.54, 1.807) is 26.3 Å². The van der Waals surface area contributed by atoms with Gasteiger partial charge in [0.25, 0.3) is 15.9 Å². The predicted octanol–water partition coefficient (Wildman–Crippen LogP) is 4.12. The summed E-state index contributed by atoms with van der Waals surface area (Å²) in [6, 6.07) is 12.0. The van der Waals surface area contributed by atoms with Crippen molar-refractivity contribution in [2.75, 3.05) is 25.0 Å². The molecular formula is C26H27ClN6O5S. The Morgan fingerprint density at radius 1 is 1.10 bits per heavy atom. The normalized spacial score (nSPS) is 11.3. The average molecular weight is 571 g/mol. The highest BCUT2D eigenvalue weighted by Crippen LogP contribution is 2.32. The van der Waals surface area contributed by atoms with Gasteiger partial charge in [-0.25, -0.2) is 18.1 Å². The number of rotatable bonds is 10. The van der Waals surface area contributed by atoms with Crippen LogP contribution < -0.4 is 14.8 Å². The highest BCUT2D eigenvalue weighted by Gasteiger charge is 2.20. The van der Waals surface area contributed by atoms with Gasteiger partial charge in [0.1, 0.15) is 10.6 Å². The summed E-state index contributed by atoms with van der Waals surface area (Å²) in [5, 5.41) is 6.80. The third kappa shape index (κ3) is 6.72. The molecule has 2 aromatic heterocycles. The zero-order chi connectivity index (χ0) is 28.2. The van der Waals surface area contributed by atoms with Crippen LogP contribution in [0.3, 0.4) is 0 Å². The van der Waals surface area contributed by atoms with E-state index in [1.165, 1.54) is 29.2 Å². The Balaban J connectivity index is 1.69. The van der Waals surface area contributed by atoms with E-state index in [0.29, 0.717) is 24.6 Å². The number of halogens is 1. The van der Waals surface area contributed by atoms with E-state index in [-0.39, 0.29) is 33.2 Å². The van der Waals surface area contributed by atoms with Gasteiger partial charge in [-0.3, -0.25) is 9.48 Å². The van der Waals surface area contributed by atoms with Crippen LogP contribution in [0.15, 0.2) is 59.8 Å². The molecule has 4 aromatic rings. The maximum absolute atomic E-state index is 13.0. The molecule has 0 fully saturated rings. The topological polar surface area (TPSA) is 137 Å². The molecule has 0 saturated heterocycles. The summed E-state index contributed by atoms with van der Waals surface area (Å²) in [6.07, 6.45) is 2.59. The standard InChI is InChI=1S/C26H27ClN6O5S/c1-16-6-5-7-17(2)24(16)22-13-23(31-26(30-22)32-39(35,36)19-14-29-33(3)15-19)38-18-8-9-20(21(27)12-18)25(34)28-10-11-37-4/h5-9,12-15H,10-11H2,1-4H3,(H,28,34)(H,30,31,32). The molecule has 11 nitrogen and oxygen atoms in total. The summed E-state index contributed by atoms with van der Waals surface area (Å²) in [5.41, 5.74) is 3.41. The molecule has 0 spiro atoms. The minimum atomic E-state index is -4.02. The van der Waals surface area contributed by atoms with Gasteiger partial charge in [0, 0.05) is 44.6 Å². The lowest BCUT2D eigenvalue weighted by molar-refractivity contribution is 0.0937. The fourth-order valence-electron chi connectivity index (χ4n) is 3.81. The Hall–Kier alpha value is -4.00. The van der Waals surface area contributed by atoms with Gasteiger partial charge < -0.3 is 14.8 Å². The van der Waals surface area contributed by atoms with Crippen molar-refractivity contribution in [1.29, 1.82) is 0 Å². The van der Waals surface area contributed by atoms with Gasteiger partial charge in [0.05, 0.1) is 29.1 Å². The molecule has 0 radical (unpaired) electrons. The molecular weight excluding hydrogens is 544 g/mol. The van der Waals surface area contributed by atoms with Crippen LogP contribution in [0, 0.1) is 13.8 Å². The zero-order valence-corrected chi connectivity index (χ0v) is 23.3.